The van der Waals surface area contributed by atoms with Crippen molar-refractivity contribution in [1.29, 1.82) is 0 Å². The summed E-state index contributed by atoms with van der Waals surface area (Å²) in [5, 5.41) is 11.8. The van der Waals surface area contributed by atoms with Crippen molar-refractivity contribution in [1.82, 2.24) is 0 Å². The van der Waals surface area contributed by atoms with E-state index in [1.165, 1.54) is 6.07 Å². The van der Waals surface area contributed by atoms with Gasteiger partial charge in [-0.1, -0.05) is 44.2 Å². The van der Waals surface area contributed by atoms with Crippen molar-refractivity contribution >= 4 is 27.0 Å². The Morgan fingerprint density at radius 2 is 1.76 bits per heavy atom. The van der Waals surface area contributed by atoms with Gasteiger partial charge in [-0.15, -0.1) is 0 Å². The molecule has 29 heavy (non-hydrogen) atoms. The number of benzene rings is 2. The van der Waals surface area contributed by atoms with E-state index in [9.17, 15) is 23.3 Å². The van der Waals surface area contributed by atoms with Crippen molar-refractivity contribution in [2.75, 3.05) is 23.7 Å². The highest BCUT2D eigenvalue weighted by molar-refractivity contribution is 7.92. The molecule has 1 fully saturated rings. The maximum absolute atomic E-state index is 12.7. The van der Waals surface area contributed by atoms with Gasteiger partial charge in [0.2, 0.25) is 0 Å². The van der Waals surface area contributed by atoms with E-state index in [0.29, 0.717) is 24.1 Å². The van der Waals surface area contributed by atoms with E-state index in [1.807, 2.05) is 13.8 Å². The summed E-state index contributed by atoms with van der Waals surface area (Å²) in [5.41, 5.74) is 0.844. The number of anilines is 1. The molecule has 0 aromatic heterocycles. The fourth-order valence-electron chi connectivity index (χ4n) is 3.93. The summed E-state index contributed by atoms with van der Waals surface area (Å²) < 4.78 is 24.4. The lowest BCUT2D eigenvalue weighted by Gasteiger charge is -2.42. The molecule has 3 rings (SSSR count). The highest BCUT2D eigenvalue weighted by atomic mass is 32.2. The summed E-state index contributed by atoms with van der Waals surface area (Å²) in [4.78, 5) is 25.7. The van der Waals surface area contributed by atoms with Crippen molar-refractivity contribution in [2.24, 2.45) is 0 Å². The van der Waals surface area contributed by atoms with Crippen molar-refractivity contribution in [3.63, 3.8) is 0 Å². The lowest BCUT2D eigenvalue weighted by molar-refractivity contribution is -0.384. The lowest BCUT2D eigenvalue weighted by Crippen LogP contribution is -2.56. The first-order chi connectivity index (χ1) is 13.7. The van der Waals surface area contributed by atoms with Crippen LogP contribution in [0.25, 0.3) is 0 Å². The first-order valence-electron chi connectivity index (χ1n) is 9.60. The molecule has 1 aliphatic heterocycles. The second-order valence-electron chi connectivity index (χ2n) is 7.29. The molecule has 1 saturated heterocycles. The molecule has 1 heterocycles. The van der Waals surface area contributed by atoms with Gasteiger partial charge in [0, 0.05) is 30.3 Å². The second-order valence-corrected chi connectivity index (χ2v) is 9.79. The van der Waals surface area contributed by atoms with Gasteiger partial charge in [0.1, 0.15) is 5.69 Å². The Morgan fingerprint density at radius 1 is 1.10 bits per heavy atom. The molecule has 0 amide bonds. The van der Waals surface area contributed by atoms with E-state index in [4.69, 9.17) is 0 Å². The van der Waals surface area contributed by atoms with Gasteiger partial charge in [-0.25, -0.2) is 8.42 Å². The number of rotatable bonds is 6. The number of nitro groups is 1. The van der Waals surface area contributed by atoms with Crippen molar-refractivity contribution < 1.29 is 18.1 Å². The Kier molecular flexibility index (Phi) is 5.75. The molecular weight excluding hydrogens is 392 g/mol. The van der Waals surface area contributed by atoms with Crippen LogP contribution < -0.4 is 4.90 Å². The Bertz CT molecular complexity index is 1030. The van der Waals surface area contributed by atoms with E-state index in [-0.39, 0.29) is 35.9 Å². The van der Waals surface area contributed by atoms with Crippen molar-refractivity contribution in [3.05, 3.63) is 69.8 Å². The molecule has 0 atom stereocenters. The Morgan fingerprint density at radius 3 is 2.34 bits per heavy atom. The van der Waals surface area contributed by atoms with Gasteiger partial charge >= 0.3 is 0 Å². The highest BCUT2D eigenvalue weighted by Crippen LogP contribution is 2.37. The number of hydrogen-bond acceptors (Lipinski definition) is 6. The van der Waals surface area contributed by atoms with Crippen molar-refractivity contribution in [3.8, 4) is 0 Å². The van der Waals surface area contributed by atoms with Gasteiger partial charge in [-0.05, 0) is 25.0 Å². The number of sulfone groups is 1. The predicted molar refractivity (Wildman–Crippen MR) is 112 cm³/mol. The van der Waals surface area contributed by atoms with Gasteiger partial charge in [0.05, 0.1) is 15.4 Å². The van der Waals surface area contributed by atoms with Gasteiger partial charge < -0.3 is 4.90 Å². The minimum atomic E-state index is -3.28. The van der Waals surface area contributed by atoms with Crippen LogP contribution in [0.3, 0.4) is 0 Å². The minimum Gasteiger partial charge on any atom is -0.363 e. The molecule has 1 aliphatic rings. The van der Waals surface area contributed by atoms with Crippen molar-refractivity contribution in [2.45, 2.75) is 31.4 Å². The average Bonchev–Trinajstić information content (AvgIpc) is 2.73. The molecule has 0 unspecified atom stereocenters. The fraction of sp³-hybridized carbons (Fsp3) is 0.381. The fourth-order valence-corrected chi connectivity index (χ4v) is 6.05. The van der Waals surface area contributed by atoms with E-state index in [2.05, 4.69) is 0 Å². The molecule has 0 radical (unpaired) electrons. The van der Waals surface area contributed by atoms with Crippen LogP contribution in [0, 0.1) is 10.1 Å². The third-order valence-corrected chi connectivity index (χ3v) is 8.61. The smallest absolute Gasteiger partial charge is 0.293 e. The largest absolute Gasteiger partial charge is 0.363 e. The molecule has 0 saturated carbocycles. The van der Waals surface area contributed by atoms with Gasteiger partial charge in [-0.2, -0.15) is 0 Å². The zero-order valence-electron chi connectivity index (χ0n) is 16.5. The number of carbonyl (C=O) groups excluding carboxylic acids is 1. The molecule has 8 heteroatoms. The molecule has 2 aromatic carbocycles. The van der Waals surface area contributed by atoms with Crippen LogP contribution in [0.4, 0.5) is 11.4 Å². The molecule has 0 aliphatic carbocycles. The third kappa shape index (κ3) is 3.76. The summed E-state index contributed by atoms with van der Waals surface area (Å²) in [6.45, 7) is 4.06. The van der Waals surface area contributed by atoms with Crippen LogP contribution in [0.5, 0.6) is 0 Å². The SMILES string of the molecule is CCC1(CC)CN(c2ccc(C(=O)c3ccccc3)cc2[N+](=O)[O-])CCS1(=O)=O. The van der Waals surface area contributed by atoms with Crippen LogP contribution >= 0.6 is 0 Å². The van der Waals surface area contributed by atoms with Gasteiger partial charge in [-0.3, -0.25) is 14.9 Å². The first-order valence-corrected chi connectivity index (χ1v) is 11.3. The van der Waals surface area contributed by atoms with Gasteiger partial charge in [0.25, 0.3) is 5.69 Å². The van der Waals surface area contributed by atoms with E-state index in [1.54, 1.807) is 47.4 Å². The zero-order chi connectivity index (χ0) is 21.2. The zero-order valence-corrected chi connectivity index (χ0v) is 17.3. The summed E-state index contributed by atoms with van der Waals surface area (Å²) in [5.74, 6) is -0.339. The Labute approximate surface area is 170 Å². The standard InChI is InChI=1S/C21H24N2O5S/c1-3-21(4-2)15-22(12-13-29(21,27)28)18-11-10-17(14-19(18)23(25)26)20(24)16-8-6-5-7-9-16/h5-11,14H,3-4,12-13,15H2,1-2H3. The molecular formula is C21H24N2O5S. The average molecular weight is 416 g/mol. The molecule has 2 aromatic rings. The van der Waals surface area contributed by atoms with Crippen LogP contribution in [-0.4, -0.2) is 42.7 Å². The second kappa shape index (κ2) is 7.94. The number of nitro benzene ring substituents is 1. The minimum absolute atomic E-state index is 0.0451. The molecule has 0 bridgehead atoms. The van der Waals surface area contributed by atoms with Crippen LogP contribution in [0.2, 0.25) is 0 Å². The van der Waals surface area contributed by atoms with Crippen LogP contribution in [0.15, 0.2) is 48.5 Å². The van der Waals surface area contributed by atoms with Crippen LogP contribution in [-0.2, 0) is 9.84 Å². The Balaban J connectivity index is 2.00. The number of ketones is 1. The number of nitrogens with zero attached hydrogens (tertiary/aromatic N) is 2. The maximum Gasteiger partial charge on any atom is 0.293 e. The molecule has 7 nitrogen and oxygen atoms in total. The number of hydrogen-bond donors (Lipinski definition) is 0. The summed E-state index contributed by atoms with van der Waals surface area (Å²) >= 11 is 0. The van der Waals surface area contributed by atoms with E-state index < -0.39 is 19.5 Å². The first kappa shape index (κ1) is 21.0. The monoisotopic (exact) mass is 416 g/mol. The number of carbonyl (C=O) groups is 1. The molecule has 0 spiro atoms. The third-order valence-electron chi connectivity index (χ3n) is 5.87. The topological polar surface area (TPSA) is 97.6 Å². The molecule has 0 N–H and O–H groups in total. The summed E-state index contributed by atoms with van der Waals surface area (Å²) in [6, 6.07) is 13.0. The summed E-state index contributed by atoms with van der Waals surface area (Å²) in [7, 11) is -3.28. The van der Waals surface area contributed by atoms with E-state index >= 15 is 0 Å². The predicted octanol–water partition coefficient (Wildman–Crippen LogP) is 3.62. The van der Waals surface area contributed by atoms with Crippen LogP contribution in [0.1, 0.15) is 42.6 Å². The quantitative estimate of drug-likeness (QED) is 0.405. The Hall–Kier alpha value is -2.74. The molecule has 154 valence electrons. The summed E-state index contributed by atoms with van der Waals surface area (Å²) in [6.07, 6.45) is 0.890. The van der Waals surface area contributed by atoms with Gasteiger partial charge in [0.15, 0.2) is 15.6 Å². The van der Waals surface area contributed by atoms with E-state index in [0.717, 1.165) is 0 Å². The lowest BCUT2D eigenvalue weighted by atomic mass is 9.99. The normalized spacial score (nSPS) is 17.7. The maximum atomic E-state index is 12.7. The highest BCUT2D eigenvalue weighted by Gasteiger charge is 2.46.